The Kier molecular flexibility index (Phi) is 4.73. The van der Waals surface area contributed by atoms with Crippen molar-refractivity contribution >= 4 is 11.8 Å². The molecule has 0 aromatic heterocycles. The molecule has 1 atom stereocenters. The van der Waals surface area contributed by atoms with Crippen LogP contribution in [0.15, 0.2) is 0 Å². The minimum Gasteiger partial charge on any atom is -0.369 e. The molecule has 5 heteroatoms. The van der Waals surface area contributed by atoms with E-state index in [1.54, 1.807) is 4.90 Å². The molecule has 1 rings (SSSR count). The van der Waals surface area contributed by atoms with Gasteiger partial charge in [-0.2, -0.15) is 0 Å². The number of likely N-dealkylation sites (tertiary alicyclic amines) is 1. The van der Waals surface area contributed by atoms with Gasteiger partial charge in [-0.3, -0.25) is 9.59 Å². The molecular formula is C11H21N3O2. The molecule has 1 heterocycles. The van der Waals surface area contributed by atoms with E-state index in [9.17, 15) is 9.59 Å². The van der Waals surface area contributed by atoms with Gasteiger partial charge in [0, 0.05) is 19.5 Å². The van der Waals surface area contributed by atoms with Gasteiger partial charge in [-0.1, -0.05) is 0 Å². The van der Waals surface area contributed by atoms with Crippen LogP contribution in [0, 0.1) is 5.92 Å². The van der Waals surface area contributed by atoms with Crippen LogP contribution in [0.1, 0.15) is 19.3 Å². The SMILES string of the molecule is CN(C)CCCCN1CC(C(N)=O)CC1=O. The highest BCUT2D eigenvalue weighted by atomic mass is 16.2. The van der Waals surface area contributed by atoms with E-state index in [0.29, 0.717) is 13.0 Å². The molecule has 0 radical (unpaired) electrons. The van der Waals surface area contributed by atoms with Crippen molar-refractivity contribution in [1.82, 2.24) is 9.80 Å². The van der Waals surface area contributed by atoms with Gasteiger partial charge < -0.3 is 15.5 Å². The summed E-state index contributed by atoms with van der Waals surface area (Å²) >= 11 is 0. The third-order valence-corrected chi connectivity index (χ3v) is 2.90. The van der Waals surface area contributed by atoms with Crippen molar-refractivity contribution in [2.24, 2.45) is 11.7 Å². The predicted molar refractivity (Wildman–Crippen MR) is 61.7 cm³/mol. The number of nitrogens with zero attached hydrogens (tertiary/aromatic N) is 2. The molecule has 0 aromatic rings. The minimum atomic E-state index is -0.357. The topological polar surface area (TPSA) is 66.6 Å². The van der Waals surface area contributed by atoms with Crippen LogP contribution in [0.5, 0.6) is 0 Å². The standard InChI is InChI=1S/C11H21N3O2/c1-13(2)5-3-4-6-14-8-9(11(12)16)7-10(14)15/h9H,3-8H2,1-2H3,(H2,12,16). The molecule has 2 amide bonds. The molecular weight excluding hydrogens is 206 g/mol. The van der Waals surface area contributed by atoms with Crippen LogP contribution in [-0.4, -0.2) is 55.3 Å². The molecule has 0 bridgehead atoms. The van der Waals surface area contributed by atoms with Gasteiger partial charge in [-0.15, -0.1) is 0 Å². The molecule has 16 heavy (non-hydrogen) atoms. The normalized spacial score (nSPS) is 20.8. The van der Waals surface area contributed by atoms with Crippen molar-refractivity contribution in [3.05, 3.63) is 0 Å². The number of rotatable bonds is 6. The molecule has 5 nitrogen and oxygen atoms in total. The average Bonchev–Trinajstić information content (AvgIpc) is 2.55. The average molecular weight is 227 g/mol. The highest BCUT2D eigenvalue weighted by molar-refractivity contribution is 5.88. The molecule has 0 saturated carbocycles. The summed E-state index contributed by atoms with van der Waals surface area (Å²) in [5.41, 5.74) is 5.19. The van der Waals surface area contributed by atoms with Gasteiger partial charge >= 0.3 is 0 Å². The van der Waals surface area contributed by atoms with Gasteiger partial charge in [0.1, 0.15) is 0 Å². The summed E-state index contributed by atoms with van der Waals surface area (Å²) in [5.74, 6) is -0.570. The number of hydrogen-bond acceptors (Lipinski definition) is 3. The Morgan fingerprint density at radius 3 is 2.69 bits per heavy atom. The highest BCUT2D eigenvalue weighted by Crippen LogP contribution is 2.17. The van der Waals surface area contributed by atoms with Crippen LogP contribution in [0.2, 0.25) is 0 Å². The lowest BCUT2D eigenvalue weighted by Gasteiger charge is -2.16. The van der Waals surface area contributed by atoms with E-state index in [-0.39, 0.29) is 17.7 Å². The Morgan fingerprint density at radius 1 is 1.50 bits per heavy atom. The van der Waals surface area contributed by atoms with Gasteiger partial charge in [0.2, 0.25) is 11.8 Å². The number of amides is 2. The summed E-state index contributed by atoms with van der Waals surface area (Å²) in [5, 5.41) is 0. The smallest absolute Gasteiger partial charge is 0.223 e. The van der Waals surface area contributed by atoms with Crippen molar-refractivity contribution in [2.75, 3.05) is 33.7 Å². The van der Waals surface area contributed by atoms with Crippen LogP contribution in [0.25, 0.3) is 0 Å². The highest BCUT2D eigenvalue weighted by Gasteiger charge is 2.32. The fourth-order valence-electron chi connectivity index (χ4n) is 1.91. The van der Waals surface area contributed by atoms with E-state index in [1.165, 1.54) is 0 Å². The first-order valence-corrected chi connectivity index (χ1v) is 5.72. The lowest BCUT2D eigenvalue weighted by atomic mass is 10.1. The fourth-order valence-corrected chi connectivity index (χ4v) is 1.91. The largest absolute Gasteiger partial charge is 0.369 e. The lowest BCUT2D eigenvalue weighted by Crippen LogP contribution is -2.29. The number of hydrogen-bond donors (Lipinski definition) is 1. The third-order valence-electron chi connectivity index (χ3n) is 2.90. The molecule has 0 aromatic carbocycles. The Morgan fingerprint density at radius 2 is 2.19 bits per heavy atom. The Labute approximate surface area is 96.6 Å². The quantitative estimate of drug-likeness (QED) is 0.631. The Bertz CT molecular complexity index is 266. The van der Waals surface area contributed by atoms with Crippen molar-refractivity contribution in [1.29, 1.82) is 0 Å². The second kappa shape index (κ2) is 5.84. The molecule has 1 aliphatic heterocycles. The molecule has 2 N–H and O–H groups in total. The zero-order chi connectivity index (χ0) is 12.1. The van der Waals surface area contributed by atoms with Crippen LogP contribution >= 0.6 is 0 Å². The van der Waals surface area contributed by atoms with Gasteiger partial charge in [0.15, 0.2) is 0 Å². The first-order valence-electron chi connectivity index (χ1n) is 5.72. The monoisotopic (exact) mass is 227 g/mol. The molecule has 0 spiro atoms. The first-order chi connectivity index (χ1) is 7.50. The molecule has 1 aliphatic rings. The summed E-state index contributed by atoms with van der Waals surface area (Å²) < 4.78 is 0. The van der Waals surface area contributed by atoms with Gasteiger partial charge in [0.25, 0.3) is 0 Å². The van der Waals surface area contributed by atoms with Crippen molar-refractivity contribution < 1.29 is 9.59 Å². The Balaban J connectivity index is 2.23. The van der Waals surface area contributed by atoms with Crippen LogP contribution in [0.3, 0.4) is 0 Å². The summed E-state index contributed by atoms with van der Waals surface area (Å²) in [6, 6.07) is 0. The maximum atomic E-state index is 11.5. The number of carbonyl (C=O) groups is 2. The van der Waals surface area contributed by atoms with E-state index in [4.69, 9.17) is 5.73 Å². The molecule has 92 valence electrons. The third kappa shape index (κ3) is 3.81. The van der Waals surface area contributed by atoms with Gasteiger partial charge in [-0.05, 0) is 33.5 Å². The van der Waals surface area contributed by atoms with E-state index >= 15 is 0 Å². The second-order valence-electron chi connectivity index (χ2n) is 4.65. The number of carbonyl (C=O) groups excluding carboxylic acids is 2. The predicted octanol–water partition coefficient (Wildman–Crippen LogP) is -0.338. The van der Waals surface area contributed by atoms with Crippen LogP contribution in [0.4, 0.5) is 0 Å². The van der Waals surface area contributed by atoms with Crippen molar-refractivity contribution in [3.8, 4) is 0 Å². The molecule has 1 saturated heterocycles. The van der Waals surface area contributed by atoms with E-state index in [0.717, 1.165) is 25.9 Å². The maximum absolute atomic E-state index is 11.5. The summed E-state index contributed by atoms with van der Waals surface area (Å²) in [6.07, 6.45) is 2.34. The molecule has 1 fully saturated rings. The number of unbranched alkanes of at least 4 members (excludes halogenated alkanes) is 1. The van der Waals surface area contributed by atoms with Crippen molar-refractivity contribution in [3.63, 3.8) is 0 Å². The zero-order valence-electron chi connectivity index (χ0n) is 10.1. The van der Waals surface area contributed by atoms with Crippen molar-refractivity contribution in [2.45, 2.75) is 19.3 Å². The van der Waals surface area contributed by atoms with Gasteiger partial charge in [-0.25, -0.2) is 0 Å². The summed E-state index contributed by atoms with van der Waals surface area (Å²) in [7, 11) is 4.06. The first kappa shape index (κ1) is 13.0. The molecule has 1 unspecified atom stereocenters. The van der Waals surface area contributed by atoms with Gasteiger partial charge in [0.05, 0.1) is 5.92 Å². The maximum Gasteiger partial charge on any atom is 0.223 e. The zero-order valence-corrected chi connectivity index (χ0v) is 10.1. The lowest BCUT2D eigenvalue weighted by molar-refractivity contribution is -0.128. The second-order valence-corrected chi connectivity index (χ2v) is 4.65. The fraction of sp³-hybridized carbons (Fsp3) is 0.818. The number of primary amides is 1. The van der Waals surface area contributed by atoms with E-state index in [1.807, 2.05) is 14.1 Å². The van der Waals surface area contributed by atoms with E-state index < -0.39 is 0 Å². The Hall–Kier alpha value is -1.10. The number of nitrogens with two attached hydrogens (primary N) is 1. The summed E-state index contributed by atoms with van der Waals surface area (Å²) in [4.78, 5) is 26.4. The van der Waals surface area contributed by atoms with Crippen LogP contribution in [-0.2, 0) is 9.59 Å². The van der Waals surface area contributed by atoms with E-state index in [2.05, 4.69) is 4.90 Å². The summed E-state index contributed by atoms with van der Waals surface area (Å²) in [6.45, 7) is 2.29. The minimum absolute atomic E-state index is 0.0636. The van der Waals surface area contributed by atoms with Crippen LogP contribution < -0.4 is 5.73 Å². The molecule has 0 aliphatic carbocycles.